The largest absolute Gasteiger partial charge is 0.463 e. The van der Waals surface area contributed by atoms with E-state index in [1.165, 1.54) is 5.56 Å². The average Bonchev–Trinajstić information content (AvgIpc) is 2.98. The van der Waals surface area contributed by atoms with Crippen molar-refractivity contribution in [2.45, 2.75) is 32.7 Å². The molecule has 0 saturated heterocycles. The molecule has 2 aromatic heterocycles. The van der Waals surface area contributed by atoms with Gasteiger partial charge in [-0.15, -0.1) is 0 Å². The number of nitrogens with one attached hydrogen (secondary N) is 1. The maximum absolute atomic E-state index is 5.72. The van der Waals surface area contributed by atoms with Gasteiger partial charge in [-0.2, -0.15) is 4.98 Å². The van der Waals surface area contributed by atoms with Crippen LogP contribution in [0, 0.1) is 0 Å². The molecule has 0 aliphatic rings. The normalized spacial score (nSPS) is 11.0. The lowest BCUT2D eigenvalue weighted by atomic mass is 10.0. The van der Waals surface area contributed by atoms with Crippen LogP contribution in [0.2, 0.25) is 0 Å². The van der Waals surface area contributed by atoms with E-state index in [1.54, 1.807) is 6.20 Å². The third kappa shape index (κ3) is 3.68. The van der Waals surface area contributed by atoms with E-state index in [-0.39, 0.29) is 0 Å². The minimum absolute atomic E-state index is 0.447. The summed E-state index contributed by atoms with van der Waals surface area (Å²) in [6.07, 6.45) is 6.68. The summed E-state index contributed by atoms with van der Waals surface area (Å²) in [6.45, 7) is 3.34. The topological polar surface area (TPSA) is 76.8 Å². The van der Waals surface area contributed by atoms with Gasteiger partial charge in [0.2, 0.25) is 0 Å². The van der Waals surface area contributed by atoms with E-state index < -0.39 is 0 Å². The molecule has 0 bridgehead atoms. The fourth-order valence-corrected chi connectivity index (χ4v) is 2.55. The van der Waals surface area contributed by atoms with Crippen molar-refractivity contribution in [2.24, 2.45) is 5.73 Å². The molecule has 2 heterocycles. The predicted molar refractivity (Wildman–Crippen MR) is 91.4 cm³/mol. The zero-order chi connectivity index (χ0) is 16.1. The van der Waals surface area contributed by atoms with Crippen LogP contribution in [0.5, 0.6) is 6.01 Å². The molecule has 5 nitrogen and oxygen atoms in total. The van der Waals surface area contributed by atoms with Gasteiger partial charge in [0.05, 0.1) is 23.8 Å². The lowest BCUT2D eigenvalue weighted by Crippen LogP contribution is -2.01. The maximum atomic E-state index is 5.72. The molecule has 0 aliphatic heterocycles. The van der Waals surface area contributed by atoms with Crippen LogP contribution in [0.25, 0.3) is 11.0 Å². The van der Waals surface area contributed by atoms with Crippen molar-refractivity contribution >= 4 is 11.0 Å². The quantitative estimate of drug-likeness (QED) is 0.657. The van der Waals surface area contributed by atoms with Crippen LogP contribution in [0.3, 0.4) is 0 Å². The molecule has 23 heavy (non-hydrogen) atoms. The highest BCUT2D eigenvalue weighted by Crippen LogP contribution is 2.21. The first-order valence-corrected chi connectivity index (χ1v) is 8.04. The maximum Gasteiger partial charge on any atom is 0.317 e. The molecule has 0 spiro atoms. The molecule has 0 atom stereocenters. The summed E-state index contributed by atoms with van der Waals surface area (Å²) >= 11 is 0. The van der Waals surface area contributed by atoms with Gasteiger partial charge in [-0.1, -0.05) is 37.6 Å². The standard InChI is InChI=1S/C18H22N4O/c1-2-3-7-23-18-21-12-16-17(22-18)15(11-20-16)9-13-5-4-6-14(8-13)10-19/h4-6,8,11-12,20H,2-3,7,9-10,19H2,1H3. The number of nitrogens with two attached hydrogens (primary N) is 1. The molecule has 1 aromatic carbocycles. The Morgan fingerprint density at radius 2 is 2.13 bits per heavy atom. The fourth-order valence-electron chi connectivity index (χ4n) is 2.55. The minimum atomic E-state index is 0.447. The van der Waals surface area contributed by atoms with Gasteiger partial charge in [0.25, 0.3) is 0 Å². The molecular formula is C18H22N4O. The molecule has 3 rings (SSSR count). The summed E-state index contributed by atoms with van der Waals surface area (Å²) in [5.74, 6) is 0. The second kappa shape index (κ2) is 7.24. The van der Waals surface area contributed by atoms with E-state index in [1.807, 2.05) is 18.3 Å². The Morgan fingerprint density at radius 3 is 2.96 bits per heavy atom. The van der Waals surface area contributed by atoms with Gasteiger partial charge in [0, 0.05) is 24.7 Å². The summed E-state index contributed by atoms with van der Waals surface area (Å²) < 4.78 is 5.61. The Kier molecular flexibility index (Phi) is 4.88. The van der Waals surface area contributed by atoms with Crippen molar-refractivity contribution in [2.75, 3.05) is 6.61 Å². The summed E-state index contributed by atoms with van der Waals surface area (Å²) in [7, 11) is 0. The lowest BCUT2D eigenvalue weighted by molar-refractivity contribution is 0.286. The highest BCUT2D eigenvalue weighted by molar-refractivity contribution is 5.78. The Hall–Kier alpha value is -2.40. The first-order valence-electron chi connectivity index (χ1n) is 8.04. The summed E-state index contributed by atoms with van der Waals surface area (Å²) in [4.78, 5) is 12.0. The Balaban J connectivity index is 1.83. The number of aromatic nitrogens is 3. The number of aromatic amines is 1. The van der Waals surface area contributed by atoms with Gasteiger partial charge in [-0.25, -0.2) is 4.98 Å². The third-order valence-electron chi connectivity index (χ3n) is 3.82. The summed E-state index contributed by atoms with van der Waals surface area (Å²) in [6, 6.07) is 8.78. The molecule has 0 saturated carbocycles. The molecule has 0 aliphatic carbocycles. The van der Waals surface area contributed by atoms with E-state index >= 15 is 0 Å². The summed E-state index contributed by atoms with van der Waals surface area (Å²) in [5.41, 5.74) is 11.1. The molecule has 0 unspecified atom stereocenters. The van der Waals surface area contributed by atoms with Crippen molar-refractivity contribution < 1.29 is 4.74 Å². The number of ether oxygens (including phenoxy) is 1. The van der Waals surface area contributed by atoms with E-state index in [0.717, 1.165) is 41.4 Å². The second-order valence-corrected chi connectivity index (χ2v) is 5.63. The van der Waals surface area contributed by atoms with Gasteiger partial charge in [-0.3, -0.25) is 0 Å². The predicted octanol–water partition coefficient (Wildman–Crippen LogP) is 3.19. The molecule has 120 valence electrons. The number of nitrogens with zero attached hydrogens (tertiary/aromatic N) is 2. The molecule has 3 aromatic rings. The van der Waals surface area contributed by atoms with E-state index in [4.69, 9.17) is 10.5 Å². The number of H-pyrrole nitrogens is 1. The molecule has 0 radical (unpaired) electrons. The van der Waals surface area contributed by atoms with Crippen molar-refractivity contribution in [1.29, 1.82) is 0 Å². The minimum Gasteiger partial charge on any atom is -0.463 e. The van der Waals surface area contributed by atoms with E-state index in [0.29, 0.717) is 19.2 Å². The smallest absolute Gasteiger partial charge is 0.317 e. The van der Waals surface area contributed by atoms with E-state index in [9.17, 15) is 0 Å². The van der Waals surface area contributed by atoms with Crippen molar-refractivity contribution in [3.8, 4) is 6.01 Å². The van der Waals surface area contributed by atoms with Crippen LogP contribution in [-0.2, 0) is 13.0 Å². The number of hydrogen-bond donors (Lipinski definition) is 2. The monoisotopic (exact) mass is 310 g/mol. The molecule has 5 heteroatoms. The number of rotatable bonds is 7. The molecular weight excluding hydrogens is 288 g/mol. The third-order valence-corrected chi connectivity index (χ3v) is 3.82. The zero-order valence-electron chi connectivity index (χ0n) is 13.4. The van der Waals surface area contributed by atoms with Gasteiger partial charge >= 0.3 is 6.01 Å². The van der Waals surface area contributed by atoms with Crippen LogP contribution in [0.1, 0.15) is 36.5 Å². The average molecular weight is 310 g/mol. The van der Waals surface area contributed by atoms with Crippen molar-refractivity contribution in [1.82, 2.24) is 15.0 Å². The summed E-state index contributed by atoms with van der Waals surface area (Å²) in [5, 5.41) is 0. The van der Waals surface area contributed by atoms with Crippen molar-refractivity contribution in [3.63, 3.8) is 0 Å². The highest BCUT2D eigenvalue weighted by Gasteiger charge is 2.09. The molecule has 0 fully saturated rings. The van der Waals surface area contributed by atoms with E-state index in [2.05, 4.69) is 34.0 Å². The number of hydrogen-bond acceptors (Lipinski definition) is 4. The molecule has 3 N–H and O–H groups in total. The highest BCUT2D eigenvalue weighted by atomic mass is 16.5. The van der Waals surface area contributed by atoms with Gasteiger partial charge in [-0.05, 0) is 17.5 Å². The first kappa shape index (κ1) is 15.5. The van der Waals surface area contributed by atoms with Crippen LogP contribution >= 0.6 is 0 Å². The number of benzene rings is 1. The second-order valence-electron chi connectivity index (χ2n) is 5.63. The van der Waals surface area contributed by atoms with Gasteiger partial charge in [0.1, 0.15) is 0 Å². The fraction of sp³-hybridized carbons (Fsp3) is 0.333. The van der Waals surface area contributed by atoms with Gasteiger partial charge in [0.15, 0.2) is 0 Å². The first-order chi connectivity index (χ1) is 11.3. The number of unbranched alkanes of at least 4 members (excludes halogenated alkanes) is 1. The SMILES string of the molecule is CCCCOc1ncc2[nH]cc(Cc3cccc(CN)c3)c2n1. The Labute approximate surface area is 135 Å². The lowest BCUT2D eigenvalue weighted by Gasteiger charge is -2.05. The van der Waals surface area contributed by atoms with Crippen LogP contribution in [0.4, 0.5) is 0 Å². The Morgan fingerprint density at radius 1 is 1.26 bits per heavy atom. The van der Waals surface area contributed by atoms with Crippen molar-refractivity contribution in [3.05, 3.63) is 53.3 Å². The van der Waals surface area contributed by atoms with Crippen LogP contribution in [-0.4, -0.2) is 21.6 Å². The molecule has 0 amide bonds. The van der Waals surface area contributed by atoms with Crippen LogP contribution in [0.15, 0.2) is 36.7 Å². The van der Waals surface area contributed by atoms with Gasteiger partial charge < -0.3 is 15.5 Å². The number of fused-ring (bicyclic) bond motifs is 1. The zero-order valence-corrected chi connectivity index (χ0v) is 13.4. The Bertz CT molecular complexity index is 782. The van der Waals surface area contributed by atoms with Crippen LogP contribution < -0.4 is 10.5 Å².